The number of furan rings is 1. The predicted molar refractivity (Wildman–Crippen MR) is 111 cm³/mol. The quantitative estimate of drug-likeness (QED) is 0.400. The first kappa shape index (κ1) is 16.3. The number of benzene rings is 3. The molecule has 0 fully saturated rings. The molecule has 0 aliphatic rings. The summed E-state index contributed by atoms with van der Waals surface area (Å²) in [5.74, 6) is 0.0127. The maximum absolute atomic E-state index is 12.6. The average molecular weight is 364 g/mol. The van der Waals surface area contributed by atoms with E-state index in [9.17, 15) is 4.79 Å². The Hall–Kier alpha value is -3.92. The molecule has 0 amide bonds. The molecule has 4 nitrogen and oxygen atoms in total. The molecular formula is C24H16N2O2. The van der Waals surface area contributed by atoms with Gasteiger partial charge in [0.1, 0.15) is 0 Å². The summed E-state index contributed by atoms with van der Waals surface area (Å²) < 4.78 is 5.51. The lowest BCUT2D eigenvalue weighted by Gasteiger charge is -2.11. The molecule has 0 bridgehead atoms. The zero-order chi connectivity index (χ0) is 18.9. The van der Waals surface area contributed by atoms with E-state index >= 15 is 0 Å². The first-order valence-corrected chi connectivity index (χ1v) is 9.02. The monoisotopic (exact) mass is 364 g/mol. The number of ketones is 1. The van der Waals surface area contributed by atoms with Crippen LogP contribution < -0.4 is 5.32 Å². The minimum absolute atomic E-state index is 0.0127. The van der Waals surface area contributed by atoms with Crippen LogP contribution in [-0.2, 0) is 0 Å². The van der Waals surface area contributed by atoms with Gasteiger partial charge in [-0.2, -0.15) is 0 Å². The van der Waals surface area contributed by atoms with E-state index in [2.05, 4.69) is 10.3 Å². The van der Waals surface area contributed by atoms with E-state index in [0.717, 1.165) is 27.7 Å². The fourth-order valence-electron chi connectivity index (χ4n) is 3.36. The fraction of sp³-hybridized carbons (Fsp3) is 0. The molecule has 5 aromatic rings. The van der Waals surface area contributed by atoms with E-state index in [1.807, 2.05) is 84.9 Å². The third-order valence-corrected chi connectivity index (χ3v) is 4.76. The summed E-state index contributed by atoms with van der Waals surface area (Å²) in [7, 11) is 0. The topological polar surface area (TPSA) is 55.1 Å². The summed E-state index contributed by atoms with van der Waals surface area (Å²) in [6.07, 6.45) is 1.64. The molecule has 28 heavy (non-hydrogen) atoms. The van der Waals surface area contributed by atoms with Crippen LogP contribution in [0.25, 0.3) is 22.0 Å². The maximum Gasteiger partial charge on any atom is 0.228 e. The summed E-state index contributed by atoms with van der Waals surface area (Å²) in [6, 6.07) is 26.6. The van der Waals surface area contributed by atoms with Crippen molar-refractivity contribution in [3.63, 3.8) is 0 Å². The Morgan fingerprint density at radius 1 is 0.750 bits per heavy atom. The number of rotatable bonds is 4. The molecule has 0 radical (unpaired) electrons. The van der Waals surface area contributed by atoms with Gasteiger partial charge in [-0.3, -0.25) is 4.79 Å². The highest BCUT2D eigenvalue weighted by molar-refractivity contribution is 6.10. The number of carbonyl (C=O) groups excluding carboxylic acids is 1. The molecule has 0 aliphatic heterocycles. The lowest BCUT2D eigenvalue weighted by atomic mass is 10.0. The number of nitrogens with zero attached hydrogens (tertiary/aromatic N) is 1. The number of aromatic nitrogens is 1. The SMILES string of the molecule is O=C(c1ccccc1)c1ccc(Nc2c3ccccc3nc3occc23)cc1. The van der Waals surface area contributed by atoms with E-state index in [1.54, 1.807) is 6.26 Å². The van der Waals surface area contributed by atoms with E-state index in [0.29, 0.717) is 16.8 Å². The van der Waals surface area contributed by atoms with Crippen LogP contribution in [0.1, 0.15) is 15.9 Å². The minimum atomic E-state index is 0.0127. The summed E-state index contributed by atoms with van der Waals surface area (Å²) in [6.45, 7) is 0. The fourth-order valence-corrected chi connectivity index (χ4v) is 3.36. The third-order valence-electron chi connectivity index (χ3n) is 4.76. The van der Waals surface area contributed by atoms with Crippen molar-refractivity contribution in [2.75, 3.05) is 5.32 Å². The van der Waals surface area contributed by atoms with Gasteiger partial charge in [0.25, 0.3) is 0 Å². The van der Waals surface area contributed by atoms with Crippen molar-refractivity contribution >= 4 is 39.2 Å². The molecule has 2 heterocycles. The van der Waals surface area contributed by atoms with Gasteiger partial charge in [-0.05, 0) is 36.4 Å². The number of nitrogens with one attached hydrogen (secondary N) is 1. The number of pyridine rings is 1. The van der Waals surface area contributed by atoms with Crippen molar-refractivity contribution in [1.82, 2.24) is 4.98 Å². The molecule has 134 valence electrons. The van der Waals surface area contributed by atoms with Crippen molar-refractivity contribution < 1.29 is 9.21 Å². The average Bonchev–Trinajstić information content (AvgIpc) is 3.23. The molecule has 0 atom stereocenters. The Kier molecular flexibility index (Phi) is 3.87. The van der Waals surface area contributed by atoms with Crippen molar-refractivity contribution in [2.45, 2.75) is 0 Å². The molecule has 5 rings (SSSR count). The number of para-hydroxylation sites is 1. The lowest BCUT2D eigenvalue weighted by Crippen LogP contribution is -2.01. The lowest BCUT2D eigenvalue weighted by molar-refractivity contribution is 0.103. The van der Waals surface area contributed by atoms with Crippen LogP contribution in [0.15, 0.2) is 95.6 Å². The summed E-state index contributed by atoms with van der Waals surface area (Å²) in [4.78, 5) is 17.1. The summed E-state index contributed by atoms with van der Waals surface area (Å²) >= 11 is 0. The van der Waals surface area contributed by atoms with Gasteiger partial charge in [0, 0.05) is 22.2 Å². The Morgan fingerprint density at radius 3 is 2.29 bits per heavy atom. The van der Waals surface area contributed by atoms with Crippen molar-refractivity contribution in [3.05, 3.63) is 102 Å². The second-order valence-corrected chi connectivity index (χ2v) is 6.54. The molecule has 3 aromatic carbocycles. The summed E-state index contributed by atoms with van der Waals surface area (Å²) in [5, 5.41) is 5.40. The van der Waals surface area contributed by atoms with Crippen LogP contribution in [-0.4, -0.2) is 10.8 Å². The van der Waals surface area contributed by atoms with Crippen LogP contribution >= 0.6 is 0 Å². The molecule has 0 aliphatic carbocycles. The van der Waals surface area contributed by atoms with E-state index < -0.39 is 0 Å². The zero-order valence-electron chi connectivity index (χ0n) is 14.9. The van der Waals surface area contributed by atoms with E-state index in [1.165, 1.54) is 0 Å². The van der Waals surface area contributed by atoms with Crippen molar-refractivity contribution in [3.8, 4) is 0 Å². The van der Waals surface area contributed by atoms with Gasteiger partial charge in [0.05, 0.1) is 22.9 Å². The van der Waals surface area contributed by atoms with Crippen LogP contribution in [0.2, 0.25) is 0 Å². The molecule has 4 heteroatoms. The number of fused-ring (bicyclic) bond motifs is 2. The van der Waals surface area contributed by atoms with Gasteiger partial charge in [0.2, 0.25) is 5.71 Å². The van der Waals surface area contributed by atoms with Crippen LogP contribution in [0.4, 0.5) is 11.4 Å². The number of hydrogen-bond acceptors (Lipinski definition) is 4. The largest absolute Gasteiger partial charge is 0.446 e. The Morgan fingerprint density at radius 2 is 1.46 bits per heavy atom. The molecule has 1 N–H and O–H groups in total. The maximum atomic E-state index is 12.6. The first-order chi connectivity index (χ1) is 13.8. The molecule has 0 saturated heterocycles. The van der Waals surface area contributed by atoms with Crippen molar-refractivity contribution in [1.29, 1.82) is 0 Å². The number of carbonyl (C=O) groups is 1. The van der Waals surface area contributed by atoms with Gasteiger partial charge < -0.3 is 9.73 Å². The Labute approximate surface area is 161 Å². The second-order valence-electron chi connectivity index (χ2n) is 6.54. The molecule has 0 spiro atoms. The van der Waals surface area contributed by atoms with Gasteiger partial charge in [-0.25, -0.2) is 4.98 Å². The number of anilines is 2. The highest BCUT2D eigenvalue weighted by atomic mass is 16.3. The van der Waals surface area contributed by atoms with Gasteiger partial charge in [-0.1, -0.05) is 48.5 Å². The third kappa shape index (κ3) is 2.81. The molecule has 0 unspecified atom stereocenters. The summed E-state index contributed by atoms with van der Waals surface area (Å²) in [5.41, 5.74) is 4.63. The van der Waals surface area contributed by atoms with Gasteiger partial charge in [0.15, 0.2) is 5.78 Å². The van der Waals surface area contributed by atoms with E-state index in [-0.39, 0.29) is 5.78 Å². The highest BCUT2D eigenvalue weighted by Gasteiger charge is 2.12. The molecule has 2 aromatic heterocycles. The van der Waals surface area contributed by atoms with Gasteiger partial charge in [-0.15, -0.1) is 0 Å². The highest BCUT2D eigenvalue weighted by Crippen LogP contribution is 2.33. The second kappa shape index (κ2) is 6.67. The Bertz CT molecular complexity index is 1290. The predicted octanol–water partition coefficient (Wildman–Crippen LogP) is 5.96. The zero-order valence-corrected chi connectivity index (χ0v) is 14.9. The molecule has 0 saturated carbocycles. The smallest absolute Gasteiger partial charge is 0.228 e. The minimum Gasteiger partial charge on any atom is -0.446 e. The van der Waals surface area contributed by atoms with Crippen LogP contribution in [0.5, 0.6) is 0 Å². The Balaban J connectivity index is 1.51. The first-order valence-electron chi connectivity index (χ1n) is 9.02. The van der Waals surface area contributed by atoms with Crippen LogP contribution in [0.3, 0.4) is 0 Å². The number of hydrogen-bond donors (Lipinski definition) is 1. The normalized spacial score (nSPS) is 11.0. The molecular weight excluding hydrogens is 348 g/mol. The van der Waals surface area contributed by atoms with Crippen molar-refractivity contribution in [2.24, 2.45) is 0 Å². The van der Waals surface area contributed by atoms with E-state index in [4.69, 9.17) is 4.42 Å². The standard InChI is InChI=1S/C24H16N2O2/c27-23(16-6-2-1-3-7-16)17-10-12-18(13-11-17)25-22-19-8-4-5-9-21(19)26-24-20(22)14-15-28-24/h1-15H,(H,25,26). The van der Waals surface area contributed by atoms with Gasteiger partial charge >= 0.3 is 0 Å². The van der Waals surface area contributed by atoms with Crippen LogP contribution in [0, 0.1) is 0 Å².